The van der Waals surface area contributed by atoms with E-state index in [1.54, 1.807) is 0 Å². The van der Waals surface area contributed by atoms with E-state index in [1.807, 2.05) is 6.92 Å². The van der Waals surface area contributed by atoms with E-state index in [2.05, 4.69) is 15.7 Å². The summed E-state index contributed by atoms with van der Waals surface area (Å²) in [6.45, 7) is 2.44. The molecule has 0 saturated heterocycles. The highest BCUT2D eigenvalue weighted by Gasteiger charge is 2.31. The number of nitrogen functional groups attached to an aromatic ring is 1. The van der Waals surface area contributed by atoms with Gasteiger partial charge in [0.05, 0.1) is 5.56 Å². The zero-order chi connectivity index (χ0) is 15.2. The first kappa shape index (κ1) is 16.5. The second-order valence-corrected chi connectivity index (χ2v) is 4.44. The van der Waals surface area contributed by atoms with Gasteiger partial charge in [-0.2, -0.15) is 13.2 Å². The van der Waals surface area contributed by atoms with Crippen molar-refractivity contribution in [2.75, 3.05) is 23.9 Å². The van der Waals surface area contributed by atoms with Crippen molar-refractivity contribution in [3.63, 3.8) is 0 Å². The maximum atomic E-state index is 12.7. The van der Waals surface area contributed by atoms with Gasteiger partial charge in [0.15, 0.2) is 0 Å². The van der Waals surface area contributed by atoms with Gasteiger partial charge in [0, 0.05) is 13.2 Å². The van der Waals surface area contributed by atoms with Crippen LogP contribution < -0.4 is 16.6 Å². The normalized spacial score (nSPS) is 13.1. The van der Waals surface area contributed by atoms with Crippen LogP contribution in [0.25, 0.3) is 0 Å². The molecule has 0 radical (unpaired) electrons. The molecule has 1 heterocycles. The summed E-state index contributed by atoms with van der Waals surface area (Å²) in [6.07, 6.45) is -3.06. The van der Waals surface area contributed by atoms with Crippen LogP contribution in [-0.2, 0) is 6.18 Å². The minimum absolute atomic E-state index is 0.0474. The fourth-order valence-corrected chi connectivity index (χ4v) is 1.74. The van der Waals surface area contributed by atoms with Gasteiger partial charge in [0.25, 0.3) is 0 Å². The second-order valence-electron chi connectivity index (χ2n) is 4.44. The molecule has 1 unspecified atom stereocenters. The minimum atomic E-state index is -4.46. The second kappa shape index (κ2) is 7.30. The summed E-state index contributed by atoms with van der Waals surface area (Å²) in [5, 5.41) is 11.7. The first-order valence-electron chi connectivity index (χ1n) is 6.31. The van der Waals surface area contributed by atoms with E-state index in [-0.39, 0.29) is 24.2 Å². The van der Waals surface area contributed by atoms with Gasteiger partial charge in [-0.1, -0.05) is 13.3 Å². The Hall–Kier alpha value is -1.54. The van der Waals surface area contributed by atoms with Crippen LogP contribution in [0.5, 0.6) is 0 Å². The number of hydrogen-bond donors (Lipinski definition) is 4. The van der Waals surface area contributed by atoms with Gasteiger partial charge in [0.2, 0.25) is 0 Å². The molecule has 0 spiro atoms. The molecular weight excluding hydrogens is 273 g/mol. The van der Waals surface area contributed by atoms with Crippen LogP contribution in [-0.4, -0.2) is 23.2 Å². The lowest BCUT2D eigenvalue weighted by atomic mass is 10.0. The van der Waals surface area contributed by atoms with Gasteiger partial charge in [-0.25, -0.2) is 10.8 Å². The zero-order valence-corrected chi connectivity index (χ0v) is 11.2. The molecule has 0 amide bonds. The van der Waals surface area contributed by atoms with Crippen LogP contribution in [0.4, 0.5) is 24.8 Å². The Labute approximate surface area is 115 Å². The van der Waals surface area contributed by atoms with E-state index < -0.39 is 11.7 Å². The molecule has 0 fully saturated rings. The number of anilines is 2. The van der Waals surface area contributed by atoms with Crippen molar-refractivity contribution in [1.29, 1.82) is 0 Å². The van der Waals surface area contributed by atoms with E-state index >= 15 is 0 Å². The van der Waals surface area contributed by atoms with Crippen LogP contribution >= 0.6 is 0 Å². The number of nitrogens with zero attached hydrogens (tertiary/aromatic N) is 1. The van der Waals surface area contributed by atoms with Crippen molar-refractivity contribution < 1.29 is 18.3 Å². The molecule has 1 aromatic heterocycles. The summed E-state index contributed by atoms with van der Waals surface area (Å²) in [6, 6.07) is 1.78. The van der Waals surface area contributed by atoms with Crippen molar-refractivity contribution >= 4 is 11.6 Å². The Morgan fingerprint density at radius 3 is 2.50 bits per heavy atom. The predicted octanol–water partition coefficient (Wildman–Crippen LogP) is 2.21. The van der Waals surface area contributed by atoms with E-state index in [4.69, 9.17) is 10.9 Å². The standard InChI is InChI=1S/C12H19F3N4O/c1-2-8(3-4-20)7-17-10-5-9(12(13,14)15)6-11(18-10)19-16/h5-6,8,20H,2-4,7,16H2,1H3,(H2,17,18,19). The average molecular weight is 292 g/mol. The highest BCUT2D eigenvalue weighted by molar-refractivity contribution is 5.49. The molecule has 1 atom stereocenters. The molecule has 0 saturated carbocycles. The third kappa shape index (κ3) is 4.86. The van der Waals surface area contributed by atoms with Crippen LogP contribution in [0.1, 0.15) is 25.3 Å². The molecule has 0 aliphatic heterocycles. The highest BCUT2D eigenvalue weighted by atomic mass is 19.4. The molecule has 0 aliphatic rings. The number of halogens is 3. The van der Waals surface area contributed by atoms with Gasteiger partial charge >= 0.3 is 6.18 Å². The van der Waals surface area contributed by atoms with Crippen LogP contribution in [0.15, 0.2) is 12.1 Å². The SMILES string of the molecule is CCC(CCO)CNc1cc(C(F)(F)F)cc(NN)n1. The molecule has 5 N–H and O–H groups in total. The molecule has 20 heavy (non-hydrogen) atoms. The maximum Gasteiger partial charge on any atom is 0.416 e. The first-order chi connectivity index (χ1) is 9.40. The number of hydrogen-bond acceptors (Lipinski definition) is 5. The van der Waals surface area contributed by atoms with Gasteiger partial charge in [-0.15, -0.1) is 0 Å². The fourth-order valence-electron chi connectivity index (χ4n) is 1.74. The predicted molar refractivity (Wildman–Crippen MR) is 71.0 cm³/mol. The number of pyridine rings is 1. The monoisotopic (exact) mass is 292 g/mol. The fraction of sp³-hybridized carbons (Fsp3) is 0.583. The molecular formula is C12H19F3N4O. The van der Waals surface area contributed by atoms with Crippen molar-refractivity contribution in [2.24, 2.45) is 11.8 Å². The minimum Gasteiger partial charge on any atom is -0.396 e. The van der Waals surface area contributed by atoms with E-state index in [0.29, 0.717) is 13.0 Å². The summed E-state index contributed by atoms with van der Waals surface area (Å²) in [4.78, 5) is 3.92. The third-order valence-corrected chi connectivity index (χ3v) is 2.99. The molecule has 1 aromatic rings. The summed E-state index contributed by atoms with van der Waals surface area (Å²) >= 11 is 0. The van der Waals surface area contributed by atoms with E-state index in [9.17, 15) is 13.2 Å². The number of hydrazine groups is 1. The van der Waals surface area contributed by atoms with Gasteiger partial charge in [-0.3, -0.25) is 0 Å². The topological polar surface area (TPSA) is 83.2 Å². The van der Waals surface area contributed by atoms with Crippen molar-refractivity contribution in [1.82, 2.24) is 4.98 Å². The van der Waals surface area contributed by atoms with Crippen LogP contribution in [0.3, 0.4) is 0 Å². The first-order valence-corrected chi connectivity index (χ1v) is 6.31. The molecule has 0 aromatic carbocycles. The average Bonchev–Trinajstić information content (AvgIpc) is 2.42. The van der Waals surface area contributed by atoms with Gasteiger partial charge in [0.1, 0.15) is 11.6 Å². The quantitative estimate of drug-likeness (QED) is 0.457. The summed E-state index contributed by atoms with van der Waals surface area (Å²) in [5.41, 5.74) is 1.29. The largest absolute Gasteiger partial charge is 0.416 e. The lowest BCUT2D eigenvalue weighted by Crippen LogP contribution is -2.18. The molecule has 8 heteroatoms. The molecule has 0 bridgehead atoms. The number of aliphatic hydroxyl groups is 1. The van der Waals surface area contributed by atoms with E-state index in [0.717, 1.165) is 18.6 Å². The Kier molecular flexibility index (Phi) is 6.03. The number of aromatic nitrogens is 1. The number of nitrogens with two attached hydrogens (primary N) is 1. The Bertz CT molecular complexity index is 426. The zero-order valence-electron chi connectivity index (χ0n) is 11.2. The highest BCUT2D eigenvalue weighted by Crippen LogP contribution is 2.31. The van der Waals surface area contributed by atoms with Crippen molar-refractivity contribution in [3.8, 4) is 0 Å². The van der Waals surface area contributed by atoms with Crippen LogP contribution in [0, 0.1) is 5.92 Å². The lowest BCUT2D eigenvalue weighted by molar-refractivity contribution is -0.137. The molecule has 0 aliphatic carbocycles. The smallest absolute Gasteiger partial charge is 0.396 e. The molecule has 5 nitrogen and oxygen atoms in total. The third-order valence-electron chi connectivity index (χ3n) is 2.99. The molecule has 1 rings (SSSR count). The van der Waals surface area contributed by atoms with Gasteiger partial charge < -0.3 is 15.8 Å². The van der Waals surface area contributed by atoms with Crippen molar-refractivity contribution in [3.05, 3.63) is 17.7 Å². The molecule has 114 valence electrons. The number of alkyl halides is 3. The Balaban J connectivity index is 2.84. The van der Waals surface area contributed by atoms with E-state index in [1.165, 1.54) is 0 Å². The Morgan fingerprint density at radius 1 is 1.35 bits per heavy atom. The maximum absolute atomic E-state index is 12.7. The number of aliphatic hydroxyl groups excluding tert-OH is 1. The van der Waals surface area contributed by atoms with Crippen molar-refractivity contribution in [2.45, 2.75) is 25.9 Å². The Morgan fingerprint density at radius 2 is 2.00 bits per heavy atom. The lowest BCUT2D eigenvalue weighted by Gasteiger charge is -2.16. The summed E-state index contributed by atoms with van der Waals surface area (Å²) in [7, 11) is 0. The number of rotatable bonds is 7. The summed E-state index contributed by atoms with van der Waals surface area (Å²) in [5.74, 6) is 5.34. The summed E-state index contributed by atoms with van der Waals surface area (Å²) < 4.78 is 38.1. The van der Waals surface area contributed by atoms with Gasteiger partial charge in [-0.05, 0) is 24.5 Å². The number of nitrogens with one attached hydrogen (secondary N) is 2. The van der Waals surface area contributed by atoms with Crippen LogP contribution in [0.2, 0.25) is 0 Å².